The standard InChI is InChI=1S/C22H21ClN4O3/c23-17-8-2-1-7-16(17)20-14-18(26-30-20)22(29)27-13-5-9-19(27)21(28)25-12-10-15-6-3-4-11-24-15/h1-4,6-8,11,14,19H,5,9-10,12-13H2,(H,25,28)/t19-/m0/s1. The molecule has 0 bridgehead atoms. The summed E-state index contributed by atoms with van der Waals surface area (Å²) < 4.78 is 5.33. The molecule has 1 atom stereocenters. The van der Waals surface area contributed by atoms with Gasteiger partial charge in [0.15, 0.2) is 11.5 Å². The monoisotopic (exact) mass is 424 g/mol. The molecule has 0 saturated carbocycles. The molecule has 154 valence electrons. The molecule has 1 aromatic carbocycles. The normalized spacial score (nSPS) is 15.9. The van der Waals surface area contributed by atoms with Crippen LogP contribution in [0.15, 0.2) is 59.3 Å². The van der Waals surface area contributed by atoms with Gasteiger partial charge in [0, 0.05) is 43.0 Å². The van der Waals surface area contributed by atoms with Crippen LogP contribution in [0.2, 0.25) is 5.02 Å². The maximum absolute atomic E-state index is 13.0. The Morgan fingerprint density at radius 2 is 2.03 bits per heavy atom. The molecule has 2 aromatic heterocycles. The third-order valence-electron chi connectivity index (χ3n) is 5.09. The van der Waals surface area contributed by atoms with Crippen molar-refractivity contribution in [3.8, 4) is 11.3 Å². The summed E-state index contributed by atoms with van der Waals surface area (Å²) in [7, 11) is 0. The summed E-state index contributed by atoms with van der Waals surface area (Å²) in [6.45, 7) is 0.973. The maximum Gasteiger partial charge on any atom is 0.276 e. The fourth-order valence-corrected chi connectivity index (χ4v) is 3.80. The number of amides is 2. The molecule has 1 aliphatic rings. The van der Waals surface area contributed by atoms with E-state index in [0.29, 0.717) is 42.3 Å². The molecule has 0 unspecified atom stereocenters. The van der Waals surface area contributed by atoms with Gasteiger partial charge in [0.25, 0.3) is 5.91 Å². The Kier molecular flexibility index (Phi) is 6.09. The van der Waals surface area contributed by atoms with E-state index >= 15 is 0 Å². The van der Waals surface area contributed by atoms with Crippen molar-refractivity contribution in [2.45, 2.75) is 25.3 Å². The highest BCUT2D eigenvalue weighted by atomic mass is 35.5. The SMILES string of the molecule is O=C(NCCc1ccccn1)[C@@H]1CCCN1C(=O)c1cc(-c2ccccc2Cl)on1. The molecule has 30 heavy (non-hydrogen) atoms. The third-order valence-corrected chi connectivity index (χ3v) is 5.42. The molecule has 1 N–H and O–H groups in total. The second-order valence-corrected chi connectivity index (χ2v) is 7.48. The van der Waals surface area contributed by atoms with Gasteiger partial charge in [-0.3, -0.25) is 14.6 Å². The predicted octanol–water partition coefficient (Wildman–Crippen LogP) is 3.35. The van der Waals surface area contributed by atoms with E-state index in [1.165, 1.54) is 0 Å². The first-order chi connectivity index (χ1) is 14.6. The van der Waals surface area contributed by atoms with Gasteiger partial charge in [-0.25, -0.2) is 0 Å². The van der Waals surface area contributed by atoms with E-state index in [-0.39, 0.29) is 17.5 Å². The summed E-state index contributed by atoms with van der Waals surface area (Å²) in [6, 6.07) is 13.9. The van der Waals surface area contributed by atoms with Gasteiger partial charge >= 0.3 is 0 Å². The van der Waals surface area contributed by atoms with Crippen LogP contribution < -0.4 is 5.32 Å². The van der Waals surface area contributed by atoms with Crippen LogP contribution >= 0.6 is 11.6 Å². The average molecular weight is 425 g/mol. The van der Waals surface area contributed by atoms with E-state index in [1.54, 1.807) is 29.3 Å². The van der Waals surface area contributed by atoms with Gasteiger partial charge in [-0.15, -0.1) is 0 Å². The van der Waals surface area contributed by atoms with Crippen LogP contribution in [0, 0.1) is 0 Å². The van der Waals surface area contributed by atoms with Gasteiger partial charge in [-0.1, -0.05) is 35.0 Å². The summed E-state index contributed by atoms with van der Waals surface area (Å²) in [5.41, 5.74) is 1.74. The number of carbonyl (C=O) groups is 2. The fourth-order valence-electron chi connectivity index (χ4n) is 3.57. The number of nitrogens with zero attached hydrogens (tertiary/aromatic N) is 3. The van der Waals surface area contributed by atoms with Gasteiger partial charge in [-0.2, -0.15) is 0 Å². The van der Waals surface area contributed by atoms with Crippen LogP contribution in [-0.2, 0) is 11.2 Å². The number of pyridine rings is 1. The molecular weight excluding hydrogens is 404 g/mol. The smallest absolute Gasteiger partial charge is 0.276 e. The molecule has 8 heteroatoms. The number of nitrogens with one attached hydrogen (secondary N) is 1. The zero-order chi connectivity index (χ0) is 20.9. The van der Waals surface area contributed by atoms with Crippen LogP contribution in [-0.4, -0.2) is 46.0 Å². The minimum atomic E-state index is -0.512. The summed E-state index contributed by atoms with van der Waals surface area (Å²) in [4.78, 5) is 31.4. The molecule has 2 amide bonds. The Morgan fingerprint density at radius 1 is 1.20 bits per heavy atom. The number of benzene rings is 1. The second-order valence-electron chi connectivity index (χ2n) is 7.07. The second kappa shape index (κ2) is 9.09. The summed E-state index contributed by atoms with van der Waals surface area (Å²) in [5.74, 6) is -0.0643. The van der Waals surface area contributed by atoms with E-state index in [1.807, 2.05) is 30.3 Å². The number of likely N-dealkylation sites (tertiary alicyclic amines) is 1. The van der Waals surface area contributed by atoms with Crippen molar-refractivity contribution in [3.05, 3.63) is 71.1 Å². The predicted molar refractivity (Wildman–Crippen MR) is 112 cm³/mol. The topological polar surface area (TPSA) is 88.3 Å². The number of halogens is 1. The molecule has 0 aliphatic carbocycles. The van der Waals surface area contributed by atoms with Crippen LogP contribution in [0.1, 0.15) is 29.0 Å². The Labute approximate surface area is 179 Å². The zero-order valence-electron chi connectivity index (χ0n) is 16.3. The lowest BCUT2D eigenvalue weighted by Gasteiger charge is -2.22. The minimum Gasteiger partial charge on any atom is -0.355 e. The van der Waals surface area contributed by atoms with Crippen LogP contribution in [0.4, 0.5) is 0 Å². The summed E-state index contributed by atoms with van der Waals surface area (Å²) in [5, 5.41) is 7.34. The van der Waals surface area contributed by atoms with Crippen molar-refractivity contribution in [1.29, 1.82) is 0 Å². The van der Waals surface area contributed by atoms with E-state index < -0.39 is 6.04 Å². The van der Waals surface area contributed by atoms with E-state index in [0.717, 1.165) is 12.1 Å². The Morgan fingerprint density at radius 3 is 2.83 bits per heavy atom. The molecular formula is C22H21ClN4O3. The lowest BCUT2D eigenvalue weighted by molar-refractivity contribution is -0.124. The quantitative estimate of drug-likeness (QED) is 0.655. The minimum absolute atomic E-state index is 0.161. The van der Waals surface area contributed by atoms with Crippen molar-refractivity contribution in [2.75, 3.05) is 13.1 Å². The van der Waals surface area contributed by atoms with Crippen LogP contribution in [0.5, 0.6) is 0 Å². The van der Waals surface area contributed by atoms with Gasteiger partial charge in [0.05, 0.1) is 5.02 Å². The first kappa shape index (κ1) is 20.1. The maximum atomic E-state index is 13.0. The van der Waals surface area contributed by atoms with Gasteiger partial charge < -0.3 is 14.7 Å². The molecule has 0 radical (unpaired) electrons. The molecule has 1 saturated heterocycles. The summed E-state index contributed by atoms with van der Waals surface area (Å²) >= 11 is 6.19. The first-order valence-electron chi connectivity index (χ1n) is 9.83. The number of hydrogen-bond donors (Lipinski definition) is 1. The van der Waals surface area contributed by atoms with Crippen LogP contribution in [0.25, 0.3) is 11.3 Å². The molecule has 3 aromatic rings. The lowest BCUT2D eigenvalue weighted by atomic mass is 10.1. The first-order valence-corrected chi connectivity index (χ1v) is 10.2. The Hall–Kier alpha value is -3.19. The largest absolute Gasteiger partial charge is 0.355 e. The molecule has 1 aliphatic heterocycles. The molecule has 7 nitrogen and oxygen atoms in total. The number of carbonyl (C=O) groups excluding carboxylic acids is 2. The lowest BCUT2D eigenvalue weighted by Crippen LogP contribution is -2.46. The molecule has 4 rings (SSSR count). The van der Waals surface area contributed by atoms with Gasteiger partial charge in [0.2, 0.25) is 5.91 Å². The van der Waals surface area contributed by atoms with Crippen molar-refractivity contribution >= 4 is 23.4 Å². The fraction of sp³-hybridized carbons (Fsp3) is 0.273. The van der Waals surface area contributed by atoms with E-state index in [4.69, 9.17) is 16.1 Å². The van der Waals surface area contributed by atoms with E-state index in [9.17, 15) is 9.59 Å². The highest BCUT2D eigenvalue weighted by Gasteiger charge is 2.35. The van der Waals surface area contributed by atoms with Gasteiger partial charge in [-0.05, 0) is 37.1 Å². The van der Waals surface area contributed by atoms with Crippen LogP contribution in [0.3, 0.4) is 0 Å². The average Bonchev–Trinajstić information content (AvgIpc) is 3.44. The number of rotatable bonds is 6. The Bertz CT molecular complexity index is 1040. The molecule has 3 heterocycles. The van der Waals surface area contributed by atoms with Gasteiger partial charge in [0.1, 0.15) is 6.04 Å². The van der Waals surface area contributed by atoms with E-state index in [2.05, 4.69) is 15.5 Å². The van der Waals surface area contributed by atoms with Crippen molar-refractivity contribution in [2.24, 2.45) is 0 Å². The Balaban J connectivity index is 1.40. The summed E-state index contributed by atoms with van der Waals surface area (Å²) in [6.07, 6.45) is 3.75. The van der Waals surface area contributed by atoms with Crippen molar-refractivity contribution in [3.63, 3.8) is 0 Å². The van der Waals surface area contributed by atoms with Crippen molar-refractivity contribution < 1.29 is 14.1 Å². The third kappa shape index (κ3) is 4.36. The zero-order valence-corrected chi connectivity index (χ0v) is 17.0. The highest BCUT2D eigenvalue weighted by Crippen LogP contribution is 2.29. The number of aromatic nitrogens is 2. The molecule has 1 fully saturated rings. The van der Waals surface area contributed by atoms with Crippen molar-refractivity contribution in [1.82, 2.24) is 20.4 Å². The molecule has 0 spiro atoms. The highest BCUT2D eigenvalue weighted by molar-refractivity contribution is 6.33. The number of hydrogen-bond acceptors (Lipinski definition) is 5.